The predicted molar refractivity (Wildman–Crippen MR) is 106 cm³/mol. The largest absolute Gasteiger partial charge is 0.496 e. The Morgan fingerprint density at radius 1 is 1.36 bits per heavy atom. The molecule has 1 atom stereocenters. The molecule has 8 nitrogen and oxygen atoms in total. The fraction of sp³-hybridized carbons (Fsp3) is 0.400. The quantitative estimate of drug-likeness (QED) is 0.675. The van der Waals surface area contributed by atoms with Crippen LogP contribution in [0.15, 0.2) is 30.6 Å². The molecule has 0 saturated carbocycles. The number of para-hydroxylation sites is 1. The number of amides is 1. The van der Waals surface area contributed by atoms with Crippen molar-refractivity contribution in [3.05, 3.63) is 47.4 Å². The summed E-state index contributed by atoms with van der Waals surface area (Å²) in [5.41, 5.74) is 4.05. The van der Waals surface area contributed by atoms with Crippen molar-refractivity contribution in [2.24, 2.45) is 0 Å². The number of carbonyl (C=O) groups excluding carboxylic acids is 1. The maximum atomic E-state index is 12.6. The van der Waals surface area contributed by atoms with Crippen molar-refractivity contribution in [3.63, 3.8) is 0 Å². The first-order valence-corrected chi connectivity index (χ1v) is 9.49. The zero-order valence-electron chi connectivity index (χ0n) is 16.1. The van der Waals surface area contributed by atoms with Crippen molar-refractivity contribution >= 4 is 17.1 Å². The number of rotatable bonds is 6. The lowest BCUT2D eigenvalue weighted by Crippen LogP contribution is -2.28. The molecule has 0 bridgehead atoms. The van der Waals surface area contributed by atoms with E-state index < -0.39 is 0 Å². The van der Waals surface area contributed by atoms with Gasteiger partial charge < -0.3 is 15.4 Å². The second-order valence-electron chi connectivity index (χ2n) is 6.94. The normalized spacial score (nSPS) is 16.4. The molecule has 8 heteroatoms. The Kier molecular flexibility index (Phi) is 5.21. The smallest absolute Gasteiger partial charge is 0.255 e. The van der Waals surface area contributed by atoms with Crippen LogP contribution >= 0.6 is 0 Å². The second kappa shape index (κ2) is 7.93. The van der Waals surface area contributed by atoms with Crippen LogP contribution < -0.4 is 15.4 Å². The van der Waals surface area contributed by atoms with E-state index in [0.717, 1.165) is 41.9 Å². The van der Waals surface area contributed by atoms with Gasteiger partial charge in [-0.05, 0) is 31.5 Å². The van der Waals surface area contributed by atoms with E-state index in [9.17, 15) is 4.79 Å². The van der Waals surface area contributed by atoms with Gasteiger partial charge in [0.1, 0.15) is 11.3 Å². The Balaban J connectivity index is 1.49. The maximum Gasteiger partial charge on any atom is 0.255 e. The van der Waals surface area contributed by atoms with Crippen LogP contribution in [-0.2, 0) is 6.54 Å². The molecule has 1 fully saturated rings. The summed E-state index contributed by atoms with van der Waals surface area (Å²) >= 11 is 0. The van der Waals surface area contributed by atoms with E-state index in [0.29, 0.717) is 30.3 Å². The van der Waals surface area contributed by atoms with E-state index >= 15 is 0 Å². The van der Waals surface area contributed by atoms with Gasteiger partial charge in [0.15, 0.2) is 5.65 Å². The lowest BCUT2D eigenvalue weighted by atomic mass is 10.0. The van der Waals surface area contributed by atoms with E-state index in [1.807, 2.05) is 23.7 Å². The Labute approximate surface area is 163 Å². The van der Waals surface area contributed by atoms with Crippen molar-refractivity contribution in [1.82, 2.24) is 30.4 Å². The molecule has 1 amide bonds. The van der Waals surface area contributed by atoms with Crippen LogP contribution in [0.2, 0.25) is 0 Å². The van der Waals surface area contributed by atoms with Gasteiger partial charge in [-0.15, -0.1) is 0 Å². The molecule has 1 saturated heterocycles. The zero-order chi connectivity index (χ0) is 19.5. The van der Waals surface area contributed by atoms with Gasteiger partial charge in [0.05, 0.1) is 24.9 Å². The number of ether oxygens (including phenoxy) is 1. The van der Waals surface area contributed by atoms with Crippen LogP contribution in [-0.4, -0.2) is 52.4 Å². The zero-order valence-corrected chi connectivity index (χ0v) is 16.1. The van der Waals surface area contributed by atoms with Gasteiger partial charge in [-0.25, -0.2) is 14.6 Å². The van der Waals surface area contributed by atoms with Crippen molar-refractivity contribution in [2.75, 3.05) is 26.7 Å². The minimum absolute atomic E-state index is 0.164. The number of hydrogen-bond acceptors (Lipinski definition) is 6. The molecule has 3 heterocycles. The molecule has 4 rings (SSSR count). The summed E-state index contributed by atoms with van der Waals surface area (Å²) in [7, 11) is 1.58. The maximum absolute atomic E-state index is 12.6. The molecule has 0 spiro atoms. The Bertz CT molecular complexity index is 994. The topological polar surface area (TPSA) is 94.0 Å². The summed E-state index contributed by atoms with van der Waals surface area (Å²) in [6.45, 7) is 4.78. The van der Waals surface area contributed by atoms with Gasteiger partial charge in [0.25, 0.3) is 5.91 Å². The number of aryl methyl sites for hydroxylation is 1. The number of fused-ring (bicyclic) bond motifs is 1. The molecule has 0 radical (unpaired) electrons. The Morgan fingerprint density at radius 2 is 2.21 bits per heavy atom. The molecular weight excluding hydrogens is 356 g/mol. The van der Waals surface area contributed by atoms with Crippen LogP contribution in [0, 0.1) is 6.92 Å². The molecule has 0 aliphatic carbocycles. The van der Waals surface area contributed by atoms with Crippen molar-refractivity contribution in [1.29, 1.82) is 0 Å². The van der Waals surface area contributed by atoms with Crippen LogP contribution in [0.4, 0.5) is 0 Å². The van der Waals surface area contributed by atoms with Crippen molar-refractivity contribution < 1.29 is 9.53 Å². The molecule has 2 aromatic heterocycles. The van der Waals surface area contributed by atoms with Gasteiger partial charge in [-0.1, -0.05) is 12.1 Å². The van der Waals surface area contributed by atoms with Gasteiger partial charge in [0, 0.05) is 31.4 Å². The number of nitrogens with zero attached hydrogens (tertiary/aromatic N) is 4. The van der Waals surface area contributed by atoms with Gasteiger partial charge in [0.2, 0.25) is 0 Å². The predicted octanol–water partition coefficient (Wildman–Crippen LogP) is 1.65. The fourth-order valence-electron chi connectivity index (χ4n) is 3.72. The third kappa shape index (κ3) is 3.43. The van der Waals surface area contributed by atoms with Crippen molar-refractivity contribution in [2.45, 2.75) is 25.8 Å². The summed E-state index contributed by atoms with van der Waals surface area (Å²) < 4.78 is 7.21. The highest BCUT2D eigenvalue weighted by Crippen LogP contribution is 2.26. The van der Waals surface area contributed by atoms with Crippen LogP contribution in [0.1, 0.15) is 34.0 Å². The highest BCUT2D eigenvalue weighted by atomic mass is 16.5. The van der Waals surface area contributed by atoms with E-state index in [2.05, 4.69) is 20.6 Å². The van der Waals surface area contributed by atoms with Gasteiger partial charge in [-0.2, -0.15) is 5.10 Å². The molecule has 1 aliphatic heterocycles. The third-order valence-electron chi connectivity index (χ3n) is 5.11. The van der Waals surface area contributed by atoms with E-state index in [1.165, 1.54) is 0 Å². The SMILES string of the molecule is COc1c(C)cccc1C(=O)NCCn1nc(C2CCNC2)c2nccnc21. The summed E-state index contributed by atoms with van der Waals surface area (Å²) in [5.74, 6) is 0.793. The number of methoxy groups -OCH3 is 1. The molecular formula is C20H24N6O2. The lowest BCUT2D eigenvalue weighted by Gasteiger charge is -2.11. The average molecular weight is 380 g/mol. The summed E-state index contributed by atoms with van der Waals surface area (Å²) in [6.07, 6.45) is 4.42. The number of aromatic nitrogens is 4. The highest BCUT2D eigenvalue weighted by molar-refractivity contribution is 5.97. The standard InChI is InChI=1S/C20H24N6O2/c1-13-4-3-5-15(18(13)28-2)20(27)24-10-11-26-19-17(22-8-9-23-19)16(25-26)14-6-7-21-12-14/h3-5,8-9,14,21H,6-7,10-12H2,1-2H3,(H,24,27). The molecule has 3 aromatic rings. The van der Waals surface area contributed by atoms with Crippen LogP contribution in [0.5, 0.6) is 5.75 Å². The summed E-state index contributed by atoms with van der Waals surface area (Å²) in [6, 6.07) is 5.54. The highest BCUT2D eigenvalue weighted by Gasteiger charge is 2.24. The first kappa shape index (κ1) is 18.4. The minimum Gasteiger partial charge on any atom is -0.496 e. The Hall–Kier alpha value is -3.00. The molecule has 28 heavy (non-hydrogen) atoms. The molecule has 2 N–H and O–H groups in total. The minimum atomic E-state index is -0.164. The molecule has 1 aliphatic rings. The third-order valence-corrected chi connectivity index (χ3v) is 5.11. The van der Waals surface area contributed by atoms with Gasteiger partial charge in [-0.3, -0.25) is 4.79 Å². The average Bonchev–Trinajstić information content (AvgIpc) is 3.36. The van der Waals surface area contributed by atoms with E-state index in [-0.39, 0.29) is 5.91 Å². The van der Waals surface area contributed by atoms with Crippen LogP contribution in [0.25, 0.3) is 11.2 Å². The summed E-state index contributed by atoms with van der Waals surface area (Å²) in [4.78, 5) is 21.5. The number of nitrogens with one attached hydrogen (secondary N) is 2. The van der Waals surface area contributed by atoms with Crippen molar-refractivity contribution in [3.8, 4) is 5.75 Å². The van der Waals surface area contributed by atoms with E-state index in [1.54, 1.807) is 25.6 Å². The molecule has 146 valence electrons. The first-order valence-electron chi connectivity index (χ1n) is 9.49. The monoisotopic (exact) mass is 380 g/mol. The molecule has 1 unspecified atom stereocenters. The fourth-order valence-corrected chi connectivity index (χ4v) is 3.72. The number of carbonyl (C=O) groups is 1. The van der Waals surface area contributed by atoms with Crippen LogP contribution in [0.3, 0.4) is 0 Å². The van der Waals surface area contributed by atoms with Gasteiger partial charge >= 0.3 is 0 Å². The Morgan fingerprint density at radius 3 is 3.00 bits per heavy atom. The first-order chi connectivity index (χ1) is 13.7. The van der Waals surface area contributed by atoms with E-state index in [4.69, 9.17) is 9.84 Å². The lowest BCUT2D eigenvalue weighted by molar-refractivity contribution is 0.0949. The number of hydrogen-bond donors (Lipinski definition) is 2. The molecule has 1 aromatic carbocycles. The number of benzene rings is 1. The second-order valence-corrected chi connectivity index (χ2v) is 6.94. The summed E-state index contributed by atoms with van der Waals surface area (Å²) in [5, 5.41) is 11.1.